The highest BCUT2D eigenvalue weighted by molar-refractivity contribution is 6.30. The molecule has 0 saturated carbocycles. The van der Waals surface area contributed by atoms with E-state index in [2.05, 4.69) is 11.9 Å². The molecule has 0 bridgehead atoms. The number of hydrogen-bond acceptors (Lipinski definition) is 1. The molecule has 0 aliphatic rings. The fourth-order valence-corrected chi connectivity index (χ4v) is 2.65. The molecule has 3 aromatic rings. The number of imidazole rings is 1. The van der Waals surface area contributed by atoms with E-state index in [1.54, 1.807) is 30.5 Å². The Balaban J connectivity index is 1.90. The normalized spacial score (nSPS) is 12.1. The molecule has 1 atom stereocenters. The summed E-state index contributed by atoms with van der Waals surface area (Å²) < 4.78 is 3.84. The van der Waals surface area contributed by atoms with E-state index in [0.717, 1.165) is 16.7 Å². The molecule has 0 unspecified atom stereocenters. The number of amides is 1. The highest BCUT2D eigenvalue weighted by Gasteiger charge is 2.24. The summed E-state index contributed by atoms with van der Waals surface area (Å²) in [6, 6.07) is 14.6. The van der Waals surface area contributed by atoms with Crippen LogP contribution in [0.1, 0.15) is 13.0 Å². The number of anilines is 1. The summed E-state index contributed by atoms with van der Waals surface area (Å²) in [5.74, 6) is -0.0933. The van der Waals surface area contributed by atoms with Gasteiger partial charge in [-0.3, -0.25) is 4.79 Å². The van der Waals surface area contributed by atoms with Gasteiger partial charge in [0.15, 0.2) is 17.1 Å². The van der Waals surface area contributed by atoms with Crippen LogP contribution in [-0.2, 0) is 4.79 Å². The molecule has 1 amide bonds. The van der Waals surface area contributed by atoms with E-state index in [9.17, 15) is 4.79 Å². The van der Waals surface area contributed by atoms with Crippen molar-refractivity contribution in [2.45, 2.75) is 13.0 Å². The number of hydrogen-bond donors (Lipinski definition) is 1. The Hall–Kier alpha value is -2.59. The molecule has 116 valence electrons. The summed E-state index contributed by atoms with van der Waals surface area (Å²) in [4.78, 5) is 12.5. The van der Waals surface area contributed by atoms with Crippen molar-refractivity contribution in [1.82, 2.24) is 4.57 Å². The van der Waals surface area contributed by atoms with Crippen LogP contribution in [0.4, 0.5) is 5.69 Å². The zero-order chi connectivity index (χ0) is 16.4. The third-order valence-electron chi connectivity index (χ3n) is 3.79. The van der Waals surface area contributed by atoms with E-state index in [0.29, 0.717) is 5.02 Å². The van der Waals surface area contributed by atoms with Crippen molar-refractivity contribution in [1.29, 1.82) is 0 Å². The van der Waals surface area contributed by atoms with Crippen LogP contribution < -0.4 is 9.88 Å². The number of nitrogens with one attached hydrogen (secondary N) is 1. The zero-order valence-electron chi connectivity index (χ0n) is 12.7. The number of aromatic nitrogens is 2. The van der Waals surface area contributed by atoms with Crippen molar-refractivity contribution in [3.8, 4) is 0 Å². The lowest BCUT2D eigenvalue weighted by molar-refractivity contribution is -0.680. The van der Waals surface area contributed by atoms with Crippen LogP contribution in [0, 0.1) is 0 Å². The molecule has 2 aromatic carbocycles. The second-order valence-corrected chi connectivity index (χ2v) is 5.71. The van der Waals surface area contributed by atoms with E-state index in [1.165, 1.54) is 0 Å². The van der Waals surface area contributed by atoms with E-state index >= 15 is 0 Å². The van der Waals surface area contributed by atoms with E-state index in [-0.39, 0.29) is 11.9 Å². The topological polar surface area (TPSA) is 37.9 Å². The van der Waals surface area contributed by atoms with Crippen molar-refractivity contribution in [3.05, 3.63) is 66.5 Å². The Morgan fingerprint density at radius 1 is 1.26 bits per heavy atom. The number of fused-ring (bicyclic) bond motifs is 1. The third-order valence-corrected chi connectivity index (χ3v) is 4.04. The molecule has 4 nitrogen and oxygen atoms in total. The number of halogens is 1. The minimum atomic E-state index is -0.364. The van der Waals surface area contributed by atoms with Crippen molar-refractivity contribution in [3.63, 3.8) is 0 Å². The smallest absolute Gasteiger partial charge is 0.269 e. The van der Waals surface area contributed by atoms with Gasteiger partial charge in [-0.1, -0.05) is 30.3 Å². The van der Waals surface area contributed by atoms with Gasteiger partial charge >= 0.3 is 0 Å². The average Bonchev–Trinajstić information content (AvgIpc) is 2.95. The molecule has 5 heteroatoms. The Bertz CT molecular complexity index is 868. The third kappa shape index (κ3) is 2.98. The molecule has 1 heterocycles. The van der Waals surface area contributed by atoms with Crippen LogP contribution in [0.3, 0.4) is 0 Å². The number of nitrogens with zero attached hydrogens (tertiary/aromatic N) is 2. The molecule has 0 aliphatic carbocycles. The summed E-state index contributed by atoms with van der Waals surface area (Å²) in [7, 11) is 0. The first-order valence-corrected chi connectivity index (χ1v) is 7.67. The first kappa shape index (κ1) is 15.3. The van der Waals surface area contributed by atoms with E-state index < -0.39 is 0 Å². The van der Waals surface area contributed by atoms with Crippen molar-refractivity contribution >= 4 is 40.4 Å². The van der Waals surface area contributed by atoms with Crippen LogP contribution in [-0.4, -0.2) is 10.5 Å². The van der Waals surface area contributed by atoms with E-state index in [1.807, 2.05) is 46.7 Å². The zero-order valence-corrected chi connectivity index (χ0v) is 13.5. The Morgan fingerprint density at radius 2 is 1.96 bits per heavy atom. The molecule has 1 N–H and O–H groups in total. The largest absolute Gasteiger partial charge is 0.322 e. The monoisotopic (exact) mass is 326 g/mol. The van der Waals surface area contributed by atoms with Gasteiger partial charge in [0.05, 0.1) is 6.20 Å². The second-order valence-electron chi connectivity index (χ2n) is 5.27. The lowest BCUT2D eigenvalue weighted by Gasteiger charge is -2.10. The van der Waals surface area contributed by atoms with Crippen molar-refractivity contribution in [2.24, 2.45) is 0 Å². The molecular formula is C18H17ClN3O+. The Kier molecular flexibility index (Phi) is 4.17. The highest BCUT2D eigenvalue weighted by atomic mass is 35.5. The average molecular weight is 327 g/mol. The molecule has 23 heavy (non-hydrogen) atoms. The van der Waals surface area contributed by atoms with Crippen LogP contribution in [0.15, 0.2) is 61.4 Å². The molecule has 1 aromatic heterocycles. The van der Waals surface area contributed by atoms with Gasteiger partial charge in [0.25, 0.3) is 5.91 Å². The van der Waals surface area contributed by atoms with Crippen LogP contribution in [0.2, 0.25) is 5.02 Å². The van der Waals surface area contributed by atoms with Gasteiger partial charge in [-0.15, -0.1) is 0 Å². The first-order chi connectivity index (χ1) is 11.1. The molecule has 3 rings (SSSR count). The van der Waals surface area contributed by atoms with Crippen LogP contribution in [0.25, 0.3) is 17.2 Å². The summed E-state index contributed by atoms with van der Waals surface area (Å²) in [6.45, 7) is 5.68. The predicted octanol–water partition coefficient (Wildman–Crippen LogP) is 3.88. The van der Waals surface area contributed by atoms with Crippen molar-refractivity contribution < 1.29 is 9.36 Å². The van der Waals surface area contributed by atoms with E-state index in [4.69, 9.17) is 11.6 Å². The lowest BCUT2D eigenvalue weighted by atomic mass is 10.2. The summed E-state index contributed by atoms with van der Waals surface area (Å²) in [5, 5.41) is 3.54. The number of carbonyl (C=O) groups excluding carboxylic acids is 1. The predicted molar refractivity (Wildman–Crippen MR) is 93.3 cm³/mol. The van der Waals surface area contributed by atoms with Gasteiger partial charge in [0.1, 0.15) is 0 Å². The minimum Gasteiger partial charge on any atom is -0.322 e. The maximum absolute atomic E-state index is 12.5. The Labute approximate surface area is 139 Å². The highest BCUT2D eigenvalue weighted by Crippen LogP contribution is 2.16. The Morgan fingerprint density at radius 3 is 2.65 bits per heavy atom. The quantitative estimate of drug-likeness (QED) is 0.726. The van der Waals surface area contributed by atoms with Crippen LogP contribution >= 0.6 is 11.6 Å². The number of carbonyl (C=O) groups is 1. The second kappa shape index (κ2) is 6.26. The summed E-state index contributed by atoms with van der Waals surface area (Å²) in [6.07, 6.45) is 3.60. The van der Waals surface area contributed by atoms with Gasteiger partial charge < -0.3 is 5.32 Å². The van der Waals surface area contributed by atoms with Gasteiger partial charge in [-0.25, -0.2) is 9.13 Å². The maximum atomic E-state index is 12.5. The number of para-hydroxylation sites is 2. The molecule has 0 spiro atoms. The lowest BCUT2D eigenvalue weighted by Crippen LogP contribution is -2.43. The first-order valence-electron chi connectivity index (χ1n) is 7.30. The number of benzene rings is 2. The molecular weight excluding hydrogens is 310 g/mol. The molecule has 0 fully saturated rings. The van der Waals surface area contributed by atoms with Crippen LogP contribution in [0.5, 0.6) is 0 Å². The van der Waals surface area contributed by atoms with Gasteiger partial charge in [0.2, 0.25) is 6.33 Å². The fraction of sp³-hybridized carbons (Fsp3) is 0.111. The molecule has 0 radical (unpaired) electrons. The minimum absolute atomic E-state index is 0.0933. The molecule has 0 aliphatic heterocycles. The maximum Gasteiger partial charge on any atom is 0.269 e. The van der Waals surface area contributed by atoms with Crippen molar-refractivity contribution in [2.75, 3.05) is 5.32 Å². The SMILES string of the molecule is C=Cn1c[n+]([C@@H](C)C(=O)Nc2ccc(Cl)cc2)c2ccccc21. The van der Waals surface area contributed by atoms with Gasteiger partial charge in [0, 0.05) is 10.7 Å². The fourth-order valence-electron chi connectivity index (χ4n) is 2.52. The molecule has 0 saturated heterocycles. The number of rotatable bonds is 4. The summed E-state index contributed by atoms with van der Waals surface area (Å²) in [5.41, 5.74) is 2.71. The summed E-state index contributed by atoms with van der Waals surface area (Å²) >= 11 is 5.86. The standard InChI is InChI=1S/C18H16ClN3O/c1-3-21-12-22(17-7-5-4-6-16(17)21)13(2)18(23)20-15-10-8-14(19)9-11-15/h3-13H,1H2,2H3/p+1/t13-/m0/s1. The van der Waals surface area contributed by atoms with Gasteiger partial charge in [-0.05, 0) is 43.3 Å². The van der Waals surface area contributed by atoms with Gasteiger partial charge in [-0.2, -0.15) is 0 Å².